The third-order valence-electron chi connectivity index (χ3n) is 2.95. The van der Waals surface area contributed by atoms with Gasteiger partial charge in [-0.2, -0.15) is 10.1 Å². The van der Waals surface area contributed by atoms with Crippen LogP contribution in [-0.2, 0) is 6.54 Å². The molecule has 5 nitrogen and oxygen atoms in total. The maximum absolute atomic E-state index is 12.8. The summed E-state index contributed by atoms with van der Waals surface area (Å²) >= 11 is 0. The zero-order valence-corrected chi connectivity index (χ0v) is 12.3. The Labute approximate surface area is 124 Å². The highest BCUT2D eigenvalue weighted by molar-refractivity contribution is 5.37. The van der Waals surface area contributed by atoms with Crippen LogP contribution in [0.5, 0.6) is 0 Å². The van der Waals surface area contributed by atoms with E-state index in [0.29, 0.717) is 24.2 Å². The van der Waals surface area contributed by atoms with Crippen molar-refractivity contribution >= 4 is 11.8 Å². The van der Waals surface area contributed by atoms with Crippen molar-refractivity contribution in [1.82, 2.24) is 15.2 Å². The highest BCUT2D eigenvalue weighted by atomic mass is 19.1. The number of hydrogen-bond acceptors (Lipinski definition) is 5. The van der Waals surface area contributed by atoms with Gasteiger partial charge in [-0.05, 0) is 30.0 Å². The Balaban J connectivity index is 1.87. The van der Waals surface area contributed by atoms with Gasteiger partial charge in [0.15, 0.2) is 5.82 Å². The van der Waals surface area contributed by atoms with E-state index in [0.717, 1.165) is 18.5 Å². The van der Waals surface area contributed by atoms with E-state index < -0.39 is 0 Å². The van der Waals surface area contributed by atoms with Gasteiger partial charge in [-0.15, -0.1) is 5.10 Å². The van der Waals surface area contributed by atoms with Crippen molar-refractivity contribution in [3.05, 3.63) is 41.8 Å². The molecule has 2 rings (SSSR count). The van der Waals surface area contributed by atoms with Gasteiger partial charge in [0.2, 0.25) is 5.95 Å². The monoisotopic (exact) mass is 289 g/mol. The third-order valence-corrected chi connectivity index (χ3v) is 2.95. The highest BCUT2D eigenvalue weighted by Crippen LogP contribution is 2.08. The van der Waals surface area contributed by atoms with Crippen molar-refractivity contribution in [2.75, 3.05) is 17.2 Å². The lowest BCUT2D eigenvalue weighted by Crippen LogP contribution is -2.10. The Kier molecular flexibility index (Phi) is 5.43. The maximum Gasteiger partial charge on any atom is 0.244 e. The van der Waals surface area contributed by atoms with Crippen LogP contribution in [0.3, 0.4) is 0 Å². The molecule has 1 aromatic heterocycles. The minimum atomic E-state index is -0.237. The molecular formula is C15H20FN5. The summed E-state index contributed by atoms with van der Waals surface area (Å²) in [6.07, 6.45) is 2.62. The summed E-state index contributed by atoms with van der Waals surface area (Å²) in [6, 6.07) is 6.35. The molecule has 0 radical (unpaired) electrons. The fourth-order valence-corrected chi connectivity index (χ4v) is 1.73. The first-order valence-corrected chi connectivity index (χ1v) is 7.05. The number of anilines is 2. The zero-order chi connectivity index (χ0) is 15.1. The van der Waals surface area contributed by atoms with E-state index in [1.54, 1.807) is 18.3 Å². The van der Waals surface area contributed by atoms with Crippen LogP contribution in [0.25, 0.3) is 0 Å². The summed E-state index contributed by atoms with van der Waals surface area (Å²) in [6.45, 7) is 5.72. The molecule has 0 saturated heterocycles. The minimum Gasteiger partial charge on any atom is -0.365 e. The number of hydrogen-bond donors (Lipinski definition) is 2. The predicted octanol–water partition coefficient (Wildman–Crippen LogP) is 3.08. The molecule has 0 aliphatic rings. The van der Waals surface area contributed by atoms with E-state index in [4.69, 9.17) is 0 Å². The number of nitrogens with one attached hydrogen (secondary N) is 2. The van der Waals surface area contributed by atoms with E-state index in [-0.39, 0.29) is 5.82 Å². The molecule has 2 aromatic rings. The van der Waals surface area contributed by atoms with Crippen LogP contribution in [0.1, 0.15) is 25.8 Å². The molecule has 1 aromatic carbocycles. The molecule has 0 bridgehead atoms. The van der Waals surface area contributed by atoms with Crippen LogP contribution in [0.4, 0.5) is 16.2 Å². The zero-order valence-electron chi connectivity index (χ0n) is 12.3. The van der Waals surface area contributed by atoms with Gasteiger partial charge in [0.25, 0.3) is 0 Å². The molecule has 0 fully saturated rings. The van der Waals surface area contributed by atoms with Crippen molar-refractivity contribution in [3.8, 4) is 0 Å². The van der Waals surface area contributed by atoms with Gasteiger partial charge in [-0.1, -0.05) is 26.0 Å². The first kappa shape index (κ1) is 15.2. The van der Waals surface area contributed by atoms with Gasteiger partial charge in [0, 0.05) is 13.1 Å². The lowest BCUT2D eigenvalue weighted by atomic mass is 10.1. The van der Waals surface area contributed by atoms with Gasteiger partial charge in [0.1, 0.15) is 5.82 Å². The van der Waals surface area contributed by atoms with E-state index >= 15 is 0 Å². The third kappa shape index (κ3) is 5.33. The molecule has 0 saturated carbocycles. The van der Waals surface area contributed by atoms with Crippen molar-refractivity contribution in [2.24, 2.45) is 5.92 Å². The first-order chi connectivity index (χ1) is 10.1. The van der Waals surface area contributed by atoms with Crippen LogP contribution < -0.4 is 10.6 Å². The van der Waals surface area contributed by atoms with Gasteiger partial charge >= 0.3 is 0 Å². The molecule has 21 heavy (non-hydrogen) atoms. The van der Waals surface area contributed by atoms with Gasteiger partial charge < -0.3 is 10.6 Å². The number of benzene rings is 1. The lowest BCUT2D eigenvalue weighted by Gasteiger charge is -2.08. The Morgan fingerprint density at radius 1 is 1.14 bits per heavy atom. The molecule has 2 N–H and O–H groups in total. The molecule has 112 valence electrons. The SMILES string of the molecule is CC(C)CCNc1nncc(NCc2ccc(F)cc2)n1. The first-order valence-electron chi connectivity index (χ1n) is 7.05. The normalized spacial score (nSPS) is 10.7. The second-order valence-electron chi connectivity index (χ2n) is 5.25. The summed E-state index contributed by atoms with van der Waals surface area (Å²) < 4.78 is 12.8. The van der Waals surface area contributed by atoms with Crippen LogP contribution in [0, 0.1) is 11.7 Å². The Morgan fingerprint density at radius 3 is 2.62 bits per heavy atom. The number of halogens is 1. The van der Waals surface area contributed by atoms with Crippen LogP contribution in [-0.4, -0.2) is 21.7 Å². The lowest BCUT2D eigenvalue weighted by molar-refractivity contribution is 0.605. The van der Waals surface area contributed by atoms with E-state index in [2.05, 4.69) is 39.7 Å². The smallest absolute Gasteiger partial charge is 0.244 e. The van der Waals surface area contributed by atoms with Crippen molar-refractivity contribution in [1.29, 1.82) is 0 Å². The highest BCUT2D eigenvalue weighted by Gasteiger charge is 2.01. The Hall–Kier alpha value is -2.24. The van der Waals surface area contributed by atoms with E-state index in [9.17, 15) is 4.39 Å². The fraction of sp³-hybridized carbons (Fsp3) is 0.400. The molecule has 0 atom stereocenters. The predicted molar refractivity (Wildman–Crippen MR) is 81.5 cm³/mol. The number of nitrogens with zero attached hydrogens (tertiary/aromatic N) is 3. The molecular weight excluding hydrogens is 269 g/mol. The summed E-state index contributed by atoms with van der Waals surface area (Å²) in [5, 5.41) is 14.1. The Morgan fingerprint density at radius 2 is 1.90 bits per heavy atom. The molecule has 0 unspecified atom stereocenters. The molecule has 0 aliphatic heterocycles. The van der Waals surface area contributed by atoms with Gasteiger partial charge in [-0.3, -0.25) is 0 Å². The van der Waals surface area contributed by atoms with Crippen molar-refractivity contribution < 1.29 is 4.39 Å². The standard InChI is InChI=1S/C15H20FN5/c1-11(2)7-8-17-15-20-14(10-19-21-15)18-9-12-3-5-13(16)6-4-12/h3-6,10-11H,7-9H2,1-2H3,(H2,17,18,20,21). The van der Waals surface area contributed by atoms with Gasteiger partial charge in [0.05, 0.1) is 6.20 Å². The fourth-order valence-electron chi connectivity index (χ4n) is 1.73. The van der Waals surface area contributed by atoms with E-state index in [1.807, 2.05) is 0 Å². The molecule has 6 heteroatoms. The maximum atomic E-state index is 12.8. The average molecular weight is 289 g/mol. The molecule has 0 aliphatic carbocycles. The second kappa shape index (κ2) is 7.52. The largest absolute Gasteiger partial charge is 0.365 e. The van der Waals surface area contributed by atoms with Crippen molar-refractivity contribution in [3.63, 3.8) is 0 Å². The second-order valence-corrected chi connectivity index (χ2v) is 5.25. The van der Waals surface area contributed by atoms with E-state index in [1.165, 1.54) is 12.1 Å². The molecule has 0 amide bonds. The summed E-state index contributed by atoms with van der Waals surface area (Å²) in [4.78, 5) is 4.33. The van der Waals surface area contributed by atoms with Gasteiger partial charge in [-0.25, -0.2) is 4.39 Å². The Bertz CT molecular complexity index is 556. The number of rotatable bonds is 7. The summed E-state index contributed by atoms with van der Waals surface area (Å²) in [7, 11) is 0. The van der Waals surface area contributed by atoms with Crippen molar-refractivity contribution in [2.45, 2.75) is 26.8 Å². The topological polar surface area (TPSA) is 62.7 Å². The summed E-state index contributed by atoms with van der Waals surface area (Å²) in [5.41, 5.74) is 0.976. The number of aromatic nitrogens is 3. The quantitative estimate of drug-likeness (QED) is 0.820. The van der Waals surface area contributed by atoms with Crippen LogP contribution >= 0.6 is 0 Å². The average Bonchev–Trinajstić information content (AvgIpc) is 2.47. The molecule has 0 spiro atoms. The molecule has 1 heterocycles. The van der Waals surface area contributed by atoms with Crippen LogP contribution in [0.15, 0.2) is 30.5 Å². The summed E-state index contributed by atoms with van der Waals surface area (Å²) in [5.74, 6) is 1.55. The minimum absolute atomic E-state index is 0.237. The van der Waals surface area contributed by atoms with Crippen LogP contribution in [0.2, 0.25) is 0 Å².